The summed E-state index contributed by atoms with van der Waals surface area (Å²) in [6.07, 6.45) is 0. The van der Waals surface area contributed by atoms with Gasteiger partial charge >= 0.3 is 0 Å². The van der Waals surface area contributed by atoms with Gasteiger partial charge in [0.05, 0.1) is 6.54 Å². The molecule has 5 nitrogen and oxygen atoms in total. The molecule has 86 valence electrons. The molecular weight excluding hydrogens is 208 g/mol. The van der Waals surface area contributed by atoms with Crippen molar-refractivity contribution in [1.29, 1.82) is 0 Å². The van der Waals surface area contributed by atoms with E-state index in [4.69, 9.17) is 5.11 Å². The number of hydrogen-bond acceptors (Lipinski definition) is 3. The minimum absolute atomic E-state index is 0.0191. The molecule has 1 rings (SSSR count). The number of phenols is 1. The van der Waals surface area contributed by atoms with Gasteiger partial charge in [0.1, 0.15) is 5.75 Å². The van der Waals surface area contributed by atoms with E-state index in [1.54, 1.807) is 19.1 Å². The highest BCUT2D eigenvalue weighted by atomic mass is 16.3. The van der Waals surface area contributed by atoms with Gasteiger partial charge < -0.3 is 15.7 Å². The smallest absolute Gasteiger partial charge is 0.251 e. The molecule has 0 bridgehead atoms. The molecule has 0 saturated heterocycles. The zero-order chi connectivity index (χ0) is 12.0. The Bertz CT molecular complexity index is 391. The Morgan fingerprint density at radius 1 is 1.31 bits per heavy atom. The van der Waals surface area contributed by atoms with Crippen molar-refractivity contribution < 1.29 is 14.7 Å². The summed E-state index contributed by atoms with van der Waals surface area (Å²) in [5, 5.41) is 14.2. The van der Waals surface area contributed by atoms with Gasteiger partial charge in [-0.1, -0.05) is 6.07 Å². The lowest BCUT2D eigenvalue weighted by molar-refractivity contribution is -0.120. The van der Waals surface area contributed by atoms with E-state index in [1.807, 2.05) is 0 Å². The Morgan fingerprint density at radius 2 is 2.06 bits per heavy atom. The van der Waals surface area contributed by atoms with Crippen molar-refractivity contribution >= 4 is 11.8 Å². The molecule has 0 spiro atoms. The molecule has 0 heterocycles. The number of nitrogens with one attached hydrogen (secondary N) is 2. The number of rotatable bonds is 4. The fraction of sp³-hybridized carbons (Fsp3) is 0.273. The van der Waals surface area contributed by atoms with Gasteiger partial charge in [-0.15, -0.1) is 0 Å². The van der Waals surface area contributed by atoms with Crippen molar-refractivity contribution in [3.05, 3.63) is 29.8 Å². The van der Waals surface area contributed by atoms with Crippen molar-refractivity contribution in [2.24, 2.45) is 0 Å². The average Bonchev–Trinajstić information content (AvgIpc) is 2.26. The summed E-state index contributed by atoms with van der Waals surface area (Å²) in [7, 11) is 0. The number of benzene rings is 1. The minimum atomic E-state index is -0.387. The quantitative estimate of drug-likeness (QED) is 0.683. The fourth-order valence-electron chi connectivity index (χ4n) is 1.17. The molecule has 1 aromatic carbocycles. The summed E-state index contributed by atoms with van der Waals surface area (Å²) >= 11 is 0. The zero-order valence-electron chi connectivity index (χ0n) is 8.99. The minimum Gasteiger partial charge on any atom is -0.508 e. The van der Waals surface area contributed by atoms with Gasteiger partial charge in [-0.05, 0) is 25.1 Å². The van der Waals surface area contributed by atoms with Crippen molar-refractivity contribution in [2.45, 2.75) is 6.92 Å². The van der Waals surface area contributed by atoms with Crippen LogP contribution in [0, 0.1) is 0 Å². The van der Waals surface area contributed by atoms with Crippen LogP contribution in [0.25, 0.3) is 0 Å². The Labute approximate surface area is 93.5 Å². The maximum absolute atomic E-state index is 11.5. The Morgan fingerprint density at radius 3 is 2.69 bits per heavy atom. The van der Waals surface area contributed by atoms with Gasteiger partial charge in [0, 0.05) is 12.1 Å². The van der Waals surface area contributed by atoms with Crippen molar-refractivity contribution in [1.82, 2.24) is 10.6 Å². The van der Waals surface area contributed by atoms with Gasteiger partial charge in [0.15, 0.2) is 0 Å². The summed E-state index contributed by atoms with van der Waals surface area (Å²) in [5.41, 5.74) is 0.323. The molecule has 3 N–H and O–H groups in total. The Kier molecular flexibility index (Phi) is 4.32. The monoisotopic (exact) mass is 222 g/mol. The molecule has 0 aliphatic rings. The van der Waals surface area contributed by atoms with Gasteiger partial charge in [0.25, 0.3) is 5.91 Å². The number of carbonyl (C=O) groups excluding carboxylic acids is 2. The fourth-order valence-corrected chi connectivity index (χ4v) is 1.17. The second-order valence-corrected chi connectivity index (χ2v) is 3.19. The largest absolute Gasteiger partial charge is 0.508 e. The summed E-state index contributed by atoms with van der Waals surface area (Å²) in [4.78, 5) is 22.6. The Balaban J connectivity index is 2.50. The number of likely N-dealkylation sites (N-methyl/N-ethyl adjacent to an activating group) is 1. The predicted molar refractivity (Wildman–Crippen MR) is 59.1 cm³/mol. The maximum atomic E-state index is 11.5. The van der Waals surface area contributed by atoms with E-state index < -0.39 is 0 Å². The molecule has 0 saturated carbocycles. The normalized spacial score (nSPS) is 9.56. The lowest BCUT2D eigenvalue weighted by atomic mass is 10.2. The lowest BCUT2D eigenvalue weighted by Gasteiger charge is -2.05. The van der Waals surface area contributed by atoms with Crippen LogP contribution in [0.5, 0.6) is 5.75 Å². The standard InChI is InChI=1S/C11H14N2O3/c1-2-12-10(15)7-13-11(16)8-4-3-5-9(14)6-8/h3-6,14H,2,7H2,1H3,(H,12,15)(H,13,16). The first-order chi connectivity index (χ1) is 7.63. The van der Waals surface area contributed by atoms with Crippen LogP contribution in [-0.4, -0.2) is 30.0 Å². The first-order valence-electron chi connectivity index (χ1n) is 4.97. The number of hydrogen-bond donors (Lipinski definition) is 3. The van der Waals surface area contributed by atoms with Gasteiger partial charge in [-0.3, -0.25) is 9.59 Å². The molecule has 2 amide bonds. The van der Waals surface area contributed by atoms with Gasteiger partial charge in [-0.2, -0.15) is 0 Å². The second-order valence-electron chi connectivity index (χ2n) is 3.19. The molecule has 0 fully saturated rings. The third-order valence-corrected chi connectivity index (χ3v) is 1.89. The third kappa shape index (κ3) is 3.61. The summed E-state index contributed by atoms with van der Waals surface area (Å²) in [5.74, 6) is -0.608. The van der Waals surface area contributed by atoms with E-state index in [-0.39, 0.29) is 24.1 Å². The van der Waals surface area contributed by atoms with E-state index in [1.165, 1.54) is 12.1 Å². The van der Waals surface area contributed by atoms with Crippen molar-refractivity contribution in [3.63, 3.8) is 0 Å². The average molecular weight is 222 g/mol. The highest BCUT2D eigenvalue weighted by Gasteiger charge is 2.07. The Hall–Kier alpha value is -2.04. The molecular formula is C11H14N2O3. The highest BCUT2D eigenvalue weighted by molar-refractivity contribution is 5.96. The summed E-state index contributed by atoms with van der Waals surface area (Å²) in [6, 6.07) is 5.94. The number of phenolic OH excluding ortho intramolecular Hbond substituents is 1. The van der Waals surface area contributed by atoms with E-state index in [0.717, 1.165) is 0 Å². The number of carbonyl (C=O) groups is 2. The lowest BCUT2D eigenvalue weighted by Crippen LogP contribution is -2.36. The van der Waals surface area contributed by atoms with E-state index >= 15 is 0 Å². The molecule has 0 unspecified atom stereocenters. The molecule has 0 radical (unpaired) electrons. The summed E-state index contributed by atoms with van der Waals surface area (Å²) in [6.45, 7) is 2.26. The number of amides is 2. The highest BCUT2D eigenvalue weighted by Crippen LogP contribution is 2.10. The van der Waals surface area contributed by atoms with E-state index in [2.05, 4.69) is 10.6 Å². The van der Waals surface area contributed by atoms with Crippen molar-refractivity contribution in [3.8, 4) is 5.75 Å². The van der Waals surface area contributed by atoms with Gasteiger partial charge in [0.2, 0.25) is 5.91 Å². The predicted octanol–water partition coefficient (Wildman–Crippen LogP) is 0.258. The van der Waals surface area contributed by atoms with Crippen LogP contribution >= 0.6 is 0 Å². The summed E-state index contributed by atoms with van der Waals surface area (Å²) < 4.78 is 0. The van der Waals surface area contributed by atoms with Crippen LogP contribution in [0.4, 0.5) is 0 Å². The second kappa shape index (κ2) is 5.75. The van der Waals surface area contributed by atoms with Crippen LogP contribution < -0.4 is 10.6 Å². The zero-order valence-corrected chi connectivity index (χ0v) is 8.99. The maximum Gasteiger partial charge on any atom is 0.251 e. The molecule has 0 aliphatic carbocycles. The van der Waals surface area contributed by atoms with Gasteiger partial charge in [-0.25, -0.2) is 0 Å². The topological polar surface area (TPSA) is 78.4 Å². The third-order valence-electron chi connectivity index (χ3n) is 1.89. The SMILES string of the molecule is CCNC(=O)CNC(=O)c1cccc(O)c1. The van der Waals surface area contributed by atoms with Crippen molar-refractivity contribution in [2.75, 3.05) is 13.1 Å². The van der Waals surface area contributed by atoms with Crippen LogP contribution in [0.2, 0.25) is 0 Å². The molecule has 0 aliphatic heterocycles. The van der Waals surface area contributed by atoms with E-state index in [0.29, 0.717) is 12.1 Å². The molecule has 1 aromatic rings. The molecule has 5 heteroatoms. The molecule has 0 atom stereocenters. The van der Waals surface area contributed by atoms with Crippen LogP contribution in [0.1, 0.15) is 17.3 Å². The van der Waals surface area contributed by atoms with Crippen LogP contribution in [0.15, 0.2) is 24.3 Å². The van der Waals surface area contributed by atoms with Crippen LogP contribution in [0.3, 0.4) is 0 Å². The molecule has 16 heavy (non-hydrogen) atoms. The first-order valence-corrected chi connectivity index (χ1v) is 4.97. The number of aromatic hydroxyl groups is 1. The van der Waals surface area contributed by atoms with E-state index in [9.17, 15) is 9.59 Å². The molecule has 0 aromatic heterocycles. The van der Waals surface area contributed by atoms with Crippen LogP contribution in [-0.2, 0) is 4.79 Å². The first kappa shape index (κ1) is 12.0.